The zero-order chi connectivity index (χ0) is 19.0. The smallest absolute Gasteiger partial charge is 0.0353 e. The molecule has 0 aromatic carbocycles. The van der Waals surface area contributed by atoms with Crippen molar-refractivity contribution in [1.29, 1.82) is 0 Å². The van der Waals surface area contributed by atoms with Crippen molar-refractivity contribution in [2.45, 2.75) is 129 Å². The van der Waals surface area contributed by atoms with Crippen LogP contribution >= 0.6 is 17.2 Å². The van der Waals surface area contributed by atoms with Crippen LogP contribution in [0.15, 0.2) is 0 Å². The second-order valence-corrected chi connectivity index (χ2v) is 11.2. The SMILES string of the molecule is CCCCCCCCCCPCCCCPCCCCCCCCCC. The first kappa shape index (κ1) is 26.9. The molecule has 0 aromatic heterocycles. The molecule has 0 bridgehead atoms. The largest absolute Gasteiger partial charge is 0.122 e. The van der Waals surface area contributed by atoms with Crippen LogP contribution in [0, 0.1) is 0 Å². The van der Waals surface area contributed by atoms with Gasteiger partial charge in [0, 0.05) is 0 Å². The fraction of sp³-hybridized carbons (Fsp3) is 1.00. The van der Waals surface area contributed by atoms with Gasteiger partial charge in [-0.3, -0.25) is 0 Å². The molecule has 0 amide bonds. The molecule has 158 valence electrons. The first-order chi connectivity index (χ1) is 12.9. The second kappa shape index (κ2) is 25.9. The highest BCUT2D eigenvalue weighted by Gasteiger charge is 1.95. The van der Waals surface area contributed by atoms with Gasteiger partial charge in [0.15, 0.2) is 0 Å². The van der Waals surface area contributed by atoms with E-state index in [-0.39, 0.29) is 0 Å². The Balaban J connectivity index is 2.95. The molecule has 0 aliphatic rings. The van der Waals surface area contributed by atoms with Crippen molar-refractivity contribution in [3.63, 3.8) is 0 Å². The molecule has 0 N–H and O–H groups in total. The van der Waals surface area contributed by atoms with Crippen molar-refractivity contribution in [3.05, 3.63) is 0 Å². The van der Waals surface area contributed by atoms with E-state index < -0.39 is 0 Å². The molecule has 0 aliphatic carbocycles. The van der Waals surface area contributed by atoms with Gasteiger partial charge >= 0.3 is 0 Å². The van der Waals surface area contributed by atoms with Crippen LogP contribution in [-0.4, -0.2) is 24.6 Å². The third-order valence-electron chi connectivity index (χ3n) is 5.37. The number of unbranched alkanes of at least 4 members (excludes halogenated alkanes) is 15. The van der Waals surface area contributed by atoms with Crippen molar-refractivity contribution in [1.82, 2.24) is 0 Å². The van der Waals surface area contributed by atoms with Gasteiger partial charge in [-0.15, -0.1) is 17.2 Å². The van der Waals surface area contributed by atoms with Gasteiger partial charge in [-0.2, -0.15) is 0 Å². The summed E-state index contributed by atoms with van der Waals surface area (Å²) in [5, 5.41) is 0. The molecule has 2 heteroatoms. The van der Waals surface area contributed by atoms with E-state index in [0.717, 1.165) is 0 Å². The van der Waals surface area contributed by atoms with Crippen molar-refractivity contribution < 1.29 is 0 Å². The van der Waals surface area contributed by atoms with E-state index in [0.29, 0.717) is 0 Å². The Morgan fingerprint density at radius 3 is 0.846 bits per heavy atom. The van der Waals surface area contributed by atoms with E-state index in [1.54, 1.807) is 0 Å². The molecular weight excluding hydrogens is 350 g/mol. The van der Waals surface area contributed by atoms with Crippen molar-refractivity contribution >= 4 is 17.2 Å². The van der Waals surface area contributed by atoms with Crippen LogP contribution in [0.5, 0.6) is 0 Å². The number of hydrogen-bond acceptors (Lipinski definition) is 0. The monoisotopic (exact) mass is 402 g/mol. The highest BCUT2D eigenvalue weighted by molar-refractivity contribution is 7.38. The predicted octanol–water partition coefficient (Wildman–Crippen LogP) is 9.41. The van der Waals surface area contributed by atoms with E-state index in [1.165, 1.54) is 157 Å². The Labute approximate surface area is 171 Å². The lowest BCUT2D eigenvalue weighted by Gasteiger charge is -2.04. The minimum atomic E-state index is 1.26. The first-order valence-electron chi connectivity index (χ1n) is 12.3. The predicted molar refractivity (Wildman–Crippen MR) is 131 cm³/mol. The standard InChI is InChI=1S/C24H52P2/c1-3-5-7-9-11-13-15-17-21-25-23-19-20-24-26-22-18-16-14-12-10-8-6-4-2/h25-26H,3-24H2,1-2H3. The molecule has 0 rings (SSSR count). The van der Waals surface area contributed by atoms with Crippen LogP contribution in [0.4, 0.5) is 0 Å². The topological polar surface area (TPSA) is 0 Å². The summed E-state index contributed by atoms with van der Waals surface area (Å²) in [6.07, 6.45) is 32.7. The van der Waals surface area contributed by atoms with E-state index in [9.17, 15) is 0 Å². The fourth-order valence-electron chi connectivity index (χ4n) is 3.52. The van der Waals surface area contributed by atoms with Crippen LogP contribution < -0.4 is 0 Å². The highest BCUT2D eigenvalue weighted by atomic mass is 31.1. The first-order valence-corrected chi connectivity index (χ1v) is 15.2. The summed E-state index contributed by atoms with van der Waals surface area (Å²) in [4.78, 5) is 0. The second-order valence-electron chi connectivity index (χ2n) is 8.16. The molecule has 0 heterocycles. The Bertz CT molecular complexity index is 206. The Morgan fingerprint density at radius 1 is 0.308 bits per heavy atom. The zero-order valence-corrected chi connectivity index (χ0v) is 20.6. The lowest BCUT2D eigenvalue weighted by molar-refractivity contribution is 0.586. The highest BCUT2D eigenvalue weighted by Crippen LogP contribution is 2.20. The Morgan fingerprint density at radius 2 is 0.538 bits per heavy atom. The van der Waals surface area contributed by atoms with Gasteiger partial charge in [0.1, 0.15) is 0 Å². The molecule has 0 spiro atoms. The molecule has 0 radical (unpaired) electrons. The molecule has 0 saturated heterocycles. The average Bonchev–Trinajstić information content (AvgIpc) is 2.66. The summed E-state index contributed by atoms with van der Waals surface area (Å²) in [6, 6.07) is 0. The van der Waals surface area contributed by atoms with E-state index in [2.05, 4.69) is 13.8 Å². The van der Waals surface area contributed by atoms with Crippen LogP contribution in [-0.2, 0) is 0 Å². The van der Waals surface area contributed by atoms with E-state index >= 15 is 0 Å². The van der Waals surface area contributed by atoms with Gasteiger partial charge in [0.25, 0.3) is 0 Å². The lowest BCUT2D eigenvalue weighted by atomic mass is 10.1. The van der Waals surface area contributed by atoms with Crippen LogP contribution in [0.3, 0.4) is 0 Å². The number of rotatable bonds is 23. The third kappa shape index (κ3) is 24.9. The van der Waals surface area contributed by atoms with E-state index in [4.69, 9.17) is 0 Å². The lowest BCUT2D eigenvalue weighted by Crippen LogP contribution is -1.87. The van der Waals surface area contributed by atoms with Gasteiger partial charge < -0.3 is 0 Å². The van der Waals surface area contributed by atoms with Gasteiger partial charge in [-0.25, -0.2) is 0 Å². The van der Waals surface area contributed by atoms with Gasteiger partial charge in [-0.1, -0.05) is 104 Å². The Kier molecular flexibility index (Phi) is 26.7. The summed E-state index contributed by atoms with van der Waals surface area (Å²) in [7, 11) is 2.52. The quantitative estimate of drug-likeness (QED) is 0.118. The van der Waals surface area contributed by atoms with Crippen LogP contribution in [0.25, 0.3) is 0 Å². The molecule has 2 atom stereocenters. The maximum Gasteiger partial charge on any atom is -0.0353 e. The molecule has 26 heavy (non-hydrogen) atoms. The summed E-state index contributed by atoms with van der Waals surface area (Å²) in [5.74, 6) is 0. The molecule has 0 nitrogen and oxygen atoms in total. The van der Waals surface area contributed by atoms with Crippen LogP contribution in [0.2, 0.25) is 0 Å². The van der Waals surface area contributed by atoms with Gasteiger partial charge in [0.05, 0.1) is 0 Å². The molecule has 0 aliphatic heterocycles. The van der Waals surface area contributed by atoms with E-state index in [1.807, 2.05) is 0 Å². The normalized spacial score (nSPS) is 12.2. The number of hydrogen-bond donors (Lipinski definition) is 0. The summed E-state index contributed by atoms with van der Waals surface area (Å²) in [6.45, 7) is 4.61. The maximum absolute atomic E-state index is 2.30. The third-order valence-corrected chi connectivity index (χ3v) is 8.20. The Hall–Kier alpha value is 0.860. The van der Waals surface area contributed by atoms with Crippen molar-refractivity contribution in [3.8, 4) is 0 Å². The maximum atomic E-state index is 2.30. The van der Waals surface area contributed by atoms with Crippen LogP contribution in [0.1, 0.15) is 129 Å². The minimum absolute atomic E-state index is 1.26. The van der Waals surface area contributed by atoms with Crippen molar-refractivity contribution in [2.24, 2.45) is 0 Å². The van der Waals surface area contributed by atoms with Crippen molar-refractivity contribution in [2.75, 3.05) is 24.6 Å². The summed E-state index contributed by atoms with van der Waals surface area (Å²) >= 11 is 0. The fourth-order valence-corrected chi connectivity index (χ4v) is 6.02. The average molecular weight is 403 g/mol. The summed E-state index contributed by atoms with van der Waals surface area (Å²) in [5.41, 5.74) is 0. The van der Waals surface area contributed by atoms with Gasteiger partial charge in [0.2, 0.25) is 0 Å². The van der Waals surface area contributed by atoms with Gasteiger partial charge in [-0.05, 0) is 50.3 Å². The minimum Gasteiger partial charge on any atom is -0.122 e. The molecule has 2 unspecified atom stereocenters. The molecule has 0 aromatic rings. The molecule has 0 fully saturated rings. The molecular formula is C24H52P2. The molecule has 0 saturated carbocycles. The summed E-state index contributed by atoms with van der Waals surface area (Å²) < 4.78 is 0. The zero-order valence-electron chi connectivity index (χ0n) is 18.6.